The largest absolute Gasteiger partial charge is 0.322 e. The number of carbonyl (C=O) groups is 1. The second-order valence-corrected chi connectivity index (χ2v) is 6.98. The molecule has 27 heavy (non-hydrogen) atoms. The Morgan fingerprint density at radius 1 is 1.15 bits per heavy atom. The summed E-state index contributed by atoms with van der Waals surface area (Å²) < 4.78 is 0. The minimum Gasteiger partial charge on any atom is -0.322 e. The van der Waals surface area contributed by atoms with Crippen LogP contribution >= 0.6 is 11.6 Å². The number of nitrogens with one attached hydrogen (secondary N) is 2. The van der Waals surface area contributed by atoms with Crippen molar-refractivity contribution in [3.05, 3.63) is 70.9 Å². The second kappa shape index (κ2) is 8.87. The van der Waals surface area contributed by atoms with Crippen LogP contribution in [0.3, 0.4) is 0 Å². The molecule has 3 rings (SSSR count). The predicted molar refractivity (Wildman–Crippen MR) is 111 cm³/mol. The first-order valence-electron chi connectivity index (χ1n) is 9.33. The summed E-state index contributed by atoms with van der Waals surface area (Å²) in [6.07, 6.45) is 2.49. The number of anilines is 1. The molecule has 2 N–H and O–H groups in total. The highest BCUT2D eigenvalue weighted by Crippen LogP contribution is 2.32. The van der Waals surface area contributed by atoms with Crippen LogP contribution < -0.4 is 5.32 Å². The van der Waals surface area contributed by atoms with Crippen LogP contribution in [0.15, 0.2) is 54.6 Å². The van der Waals surface area contributed by atoms with E-state index in [4.69, 9.17) is 11.6 Å². The van der Waals surface area contributed by atoms with E-state index >= 15 is 0 Å². The van der Waals surface area contributed by atoms with Gasteiger partial charge in [0.1, 0.15) is 5.69 Å². The lowest BCUT2D eigenvalue weighted by Crippen LogP contribution is -2.21. The molecule has 0 radical (unpaired) electrons. The lowest BCUT2D eigenvalue weighted by Gasteiger charge is -2.16. The summed E-state index contributed by atoms with van der Waals surface area (Å²) in [7, 11) is 0. The number of nitrogens with zero attached hydrogens (tertiary/aromatic N) is 1. The number of aromatic nitrogens is 2. The SMILES string of the molecule is CCCc1[nH]nc(-c2cccc(Cl)c2)c1NC(=O)[C@@H](CC)c1ccccc1. The van der Waals surface area contributed by atoms with Crippen LogP contribution in [-0.4, -0.2) is 16.1 Å². The molecule has 0 saturated carbocycles. The molecule has 1 atom stereocenters. The number of hydrogen-bond donors (Lipinski definition) is 2. The quantitative estimate of drug-likeness (QED) is 0.542. The summed E-state index contributed by atoms with van der Waals surface area (Å²) >= 11 is 6.15. The van der Waals surface area contributed by atoms with Gasteiger partial charge in [-0.15, -0.1) is 0 Å². The van der Waals surface area contributed by atoms with Gasteiger partial charge in [-0.3, -0.25) is 9.89 Å². The van der Waals surface area contributed by atoms with Gasteiger partial charge in [-0.05, 0) is 30.5 Å². The van der Waals surface area contributed by atoms with Crippen molar-refractivity contribution >= 4 is 23.2 Å². The molecular weight excluding hydrogens is 358 g/mol. The van der Waals surface area contributed by atoms with Crippen molar-refractivity contribution in [2.75, 3.05) is 5.32 Å². The zero-order valence-corrected chi connectivity index (χ0v) is 16.4. The molecule has 3 aromatic rings. The zero-order valence-electron chi connectivity index (χ0n) is 15.6. The van der Waals surface area contributed by atoms with Crippen LogP contribution in [0.2, 0.25) is 5.02 Å². The number of hydrogen-bond acceptors (Lipinski definition) is 2. The summed E-state index contributed by atoms with van der Waals surface area (Å²) in [5.41, 5.74) is 4.30. The third-order valence-corrected chi connectivity index (χ3v) is 4.85. The van der Waals surface area contributed by atoms with Crippen LogP contribution in [0.4, 0.5) is 5.69 Å². The average Bonchev–Trinajstić information content (AvgIpc) is 3.06. The van der Waals surface area contributed by atoms with Crippen molar-refractivity contribution in [3.63, 3.8) is 0 Å². The third-order valence-electron chi connectivity index (χ3n) is 4.61. The maximum absolute atomic E-state index is 13.1. The maximum Gasteiger partial charge on any atom is 0.232 e. The van der Waals surface area contributed by atoms with E-state index < -0.39 is 0 Å². The lowest BCUT2D eigenvalue weighted by atomic mass is 9.95. The molecule has 0 aliphatic heterocycles. The first-order chi connectivity index (χ1) is 13.1. The van der Waals surface area contributed by atoms with Crippen molar-refractivity contribution in [1.29, 1.82) is 0 Å². The van der Waals surface area contributed by atoms with Gasteiger partial charge in [0.2, 0.25) is 5.91 Å². The molecular formula is C22H24ClN3O. The molecule has 1 amide bonds. The van der Waals surface area contributed by atoms with Gasteiger partial charge in [0.15, 0.2) is 0 Å². The van der Waals surface area contributed by atoms with E-state index in [1.807, 2.05) is 61.5 Å². The molecule has 0 saturated heterocycles. The van der Waals surface area contributed by atoms with Crippen molar-refractivity contribution in [3.8, 4) is 11.3 Å². The molecule has 0 fully saturated rings. The zero-order chi connectivity index (χ0) is 19.2. The normalized spacial score (nSPS) is 12.0. The average molecular weight is 382 g/mol. The number of benzene rings is 2. The van der Waals surface area contributed by atoms with Crippen LogP contribution in [-0.2, 0) is 11.2 Å². The van der Waals surface area contributed by atoms with E-state index in [1.165, 1.54) is 0 Å². The highest BCUT2D eigenvalue weighted by Gasteiger charge is 2.23. The van der Waals surface area contributed by atoms with Gasteiger partial charge in [0, 0.05) is 10.6 Å². The van der Waals surface area contributed by atoms with E-state index in [9.17, 15) is 4.79 Å². The molecule has 140 valence electrons. The number of aryl methyl sites for hydroxylation is 1. The Labute approximate surface area is 165 Å². The lowest BCUT2D eigenvalue weighted by molar-refractivity contribution is -0.117. The number of rotatable bonds is 7. The first kappa shape index (κ1) is 19.2. The van der Waals surface area contributed by atoms with E-state index in [0.717, 1.165) is 47.5 Å². The first-order valence-corrected chi connectivity index (χ1v) is 9.70. The van der Waals surface area contributed by atoms with Crippen molar-refractivity contribution in [2.45, 2.75) is 39.0 Å². The van der Waals surface area contributed by atoms with Gasteiger partial charge in [-0.1, -0.05) is 74.3 Å². The predicted octanol–water partition coefficient (Wildman–Crippen LogP) is 5.81. The Hall–Kier alpha value is -2.59. The summed E-state index contributed by atoms with van der Waals surface area (Å²) in [6, 6.07) is 17.4. The van der Waals surface area contributed by atoms with Gasteiger partial charge in [0.25, 0.3) is 0 Å². The molecule has 0 bridgehead atoms. The highest BCUT2D eigenvalue weighted by molar-refractivity contribution is 6.30. The molecule has 0 aliphatic carbocycles. The van der Waals surface area contributed by atoms with Gasteiger partial charge in [-0.2, -0.15) is 5.10 Å². The van der Waals surface area contributed by atoms with E-state index in [0.29, 0.717) is 5.02 Å². The van der Waals surface area contributed by atoms with Crippen LogP contribution in [0.25, 0.3) is 11.3 Å². The minimum atomic E-state index is -0.206. The number of amides is 1. The van der Waals surface area contributed by atoms with Crippen molar-refractivity contribution in [1.82, 2.24) is 10.2 Å². The monoisotopic (exact) mass is 381 g/mol. The number of H-pyrrole nitrogens is 1. The van der Waals surface area contributed by atoms with Crippen LogP contribution in [0, 0.1) is 0 Å². The summed E-state index contributed by atoms with van der Waals surface area (Å²) in [5, 5.41) is 11.3. The van der Waals surface area contributed by atoms with Crippen LogP contribution in [0.1, 0.15) is 43.9 Å². The fourth-order valence-corrected chi connectivity index (χ4v) is 3.45. The summed E-state index contributed by atoms with van der Waals surface area (Å²) in [4.78, 5) is 13.1. The van der Waals surface area contributed by atoms with Gasteiger partial charge in [0.05, 0.1) is 17.3 Å². The minimum absolute atomic E-state index is 0.0225. The van der Waals surface area contributed by atoms with E-state index in [-0.39, 0.29) is 11.8 Å². The highest BCUT2D eigenvalue weighted by atomic mass is 35.5. The van der Waals surface area contributed by atoms with Gasteiger partial charge < -0.3 is 5.32 Å². The fourth-order valence-electron chi connectivity index (χ4n) is 3.26. The molecule has 0 unspecified atom stereocenters. The van der Waals surface area contributed by atoms with E-state index in [2.05, 4.69) is 22.4 Å². The molecule has 2 aromatic carbocycles. The van der Waals surface area contributed by atoms with Gasteiger partial charge >= 0.3 is 0 Å². The van der Waals surface area contributed by atoms with Crippen LogP contribution in [0.5, 0.6) is 0 Å². The Balaban J connectivity index is 1.95. The Bertz CT molecular complexity index is 905. The number of aromatic amines is 1. The molecule has 0 spiro atoms. The van der Waals surface area contributed by atoms with Gasteiger partial charge in [-0.25, -0.2) is 0 Å². The number of carbonyl (C=O) groups excluding carboxylic acids is 1. The Kier molecular flexibility index (Phi) is 6.30. The summed E-state index contributed by atoms with van der Waals surface area (Å²) in [6.45, 7) is 4.13. The maximum atomic E-state index is 13.1. The summed E-state index contributed by atoms with van der Waals surface area (Å²) in [5.74, 6) is -0.228. The third kappa shape index (κ3) is 4.40. The molecule has 0 aliphatic rings. The van der Waals surface area contributed by atoms with Crippen molar-refractivity contribution < 1.29 is 4.79 Å². The smallest absolute Gasteiger partial charge is 0.232 e. The topological polar surface area (TPSA) is 57.8 Å². The fraction of sp³-hybridized carbons (Fsp3) is 0.273. The second-order valence-electron chi connectivity index (χ2n) is 6.55. The molecule has 5 heteroatoms. The molecule has 1 aromatic heterocycles. The number of halogens is 1. The molecule has 1 heterocycles. The van der Waals surface area contributed by atoms with E-state index in [1.54, 1.807) is 0 Å². The Morgan fingerprint density at radius 2 is 1.93 bits per heavy atom. The molecule has 4 nitrogen and oxygen atoms in total. The van der Waals surface area contributed by atoms with Crippen molar-refractivity contribution in [2.24, 2.45) is 0 Å². The standard InChI is InChI=1S/C22H24ClN3O/c1-3-9-19-21(20(26-25-19)16-12-8-13-17(23)14-16)24-22(27)18(4-2)15-10-6-5-7-11-15/h5-8,10-14,18H,3-4,9H2,1-2H3,(H,24,27)(H,25,26)/t18-/m0/s1. The Morgan fingerprint density at radius 3 is 2.59 bits per heavy atom.